The Bertz CT molecular complexity index is 717. The summed E-state index contributed by atoms with van der Waals surface area (Å²) in [5.41, 5.74) is 0.807. The van der Waals surface area contributed by atoms with Gasteiger partial charge in [-0.15, -0.1) is 0 Å². The topological polar surface area (TPSA) is 96.0 Å². The van der Waals surface area contributed by atoms with Crippen LogP contribution in [0.2, 0.25) is 0 Å². The highest BCUT2D eigenvalue weighted by Crippen LogP contribution is 2.22. The molecule has 0 aliphatic rings. The summed E-state index contributed by atoms with van der Waals surface area (Å²) in [6.07, 6.45) is 2.75. The van der Waals surface area contributed by atoms with Crippen molar-refractivity contribution in [2.45, 2.75) is 59.0 Å². The van der Waals surface area contributed by atoms with Gasteiger partial charge in [-0.1, -0.05) is 26.3 Å². The molecule has 0 aromatic heterocycles. The summed E-state index contributed by atoms with van der Waals surface area (Å²) in [6.45, 7) is 19.1. The fourth-order valence-corrected chi connectivity index (χ4v) is 2.61. The van der Waals surface area contributed by atoms with Crippen molar-refractivity contribution in [3.05, 3.63) is 49.1 Å². The van der Waals surface area contributed by atoms with Crippen LogP contribution in [0.25, 0.3) is 0 Å². The third-order valence-corrected chi connectivity index (χ3v) is 4.42. The highest BCUT2D eigenvalue weighted by molar-refractivity contribution is 5.99. The predicted molar refractivity (Wildman–Crippen MR) is 118 cm³/mol. The third kappa shape index (κ3) is 12.4. The second kappa shape index (κ2) is 14.9. The number of hydrogen-bond acceptors (Lipinski definition) is 7. The molecule has 0 amide bonds. The molecule has 2 unspecified atom stereocenters. The molecular weight excluding hydrogens is 400 g/mol. The number of Topliss-reactive ketones (excluding diaryl/α,β-unsaturated/α-hetero) is 1. The quantitative estimate of drug-likeness (QED) is 0.157. The molecule has 0 rings (SSSR count). The number of rotatable bonds is 16. The minimum absolute atomic E-state index is 0.0457. The summed E-state index contributed by atoms with van der Waals surface area (Å²) in [4.78, 5) is 47.1. The van der Waals surface area contributed by atoms with Gasteiger partial charge in [0.2, 0.25) is 0 Å². The average Bonchev–Trinajstić information content (AvgIpc) is 2.71. The van der Waals surface area contributed by atoms with Crippen molar-refractivity contribution in [1.29, 1.82) is 0 Å². The Balaban J connectivity index is 5.01. The monoisotopic (exact) mass is 434 g/mol. The molecule has 0 saturated carbocycles. The molecule has 0 aliphatic heterocycles. The van der Waals surface area contributed by atoms with Gasteiger partial charge < -0.3 is 14.2 Å². The van der Waals surface area contributed by atoms with E-state index in [2.05, 4.69) is 26.3 Å². The molecule has 0 fully saturated rings. The van der Waals surface area contributed by atoms with Gasteiger partial charge in [-0.05, 0) is 64.4 Å². The smallest absolute Gasteiger partial charge is 0.333 e. The van der Waals surface area contributed by atoms with Crippen LogP contribution in [0.1, 0.15) is 52.9 Å². The van der Waals surface area contributed by atoms with E-state index >= 15 is 0 Å². The van der Waals surface area contributed by atoms with E-state index < -0.39 is 24.0 Å². The summed E-state index contributed by atoms with van der Waals surface area (Å²) in [5.74, 6) is -1.90. The maximum absolute atomic E-state index is 12.4. The Morgan fingerprint density at radius 3 is 1.90 bits per heavy atom. The molecule has 0 aliphatic carbocycles. The van der Waals surface area contributed by atoms with Crippen LogP contribution in [0.15, 0.2) is 49.1 Å². The first-order chi connectivity index (χ1) is 14.5. The summed E-state index contributed by atoms with van der Waals surface area (Å²) in [5, 5.41) is 0. The summed E-state index contributed by atoms with van der Waals surface area (Å²) < 4.78 is 15.5. The fraction of sp³-hybridized carbons (Fsp3) is 0.500. The second-order valence-electron chi connectivity index (χ2n) is 7.48. The molecule has 31 heavy (non-hydrogen) atoms. The Morgan fingerprint density at radius 1 is 0.774 bits per heavy atom. The minimum Gasteiger partial charge on any atom is -0.463 e. The van der Waals surface area contributed by atoms with Gasteiger partial charge in [0.15, 0.2) is 11.9 Å². The molecule has 7 heteroatoms. The zero-order valence-corrected chi connectivity index (χ0v) is 18.9. The van der Waals surface area contributed by atoms with Crippen molar-refractivity contribution in [3.8, 4) is 0 Å². The Hall–Kier alpha value is -2.96. The molecule has 0 radical (unpaired) electrons. The number of carbonyl (C=O) groups excluding carboxylic acids is 4. The molecule has 0 N–H and O–H groups in total. The zero-order valence-electron chi connectivity index (χ0n) is 18.9. The molecule has 7 nitrogen and oxygen atoms in total. The summed E-state index contributed by atoms with van der Waals surface area (Å²) in [6, 6.07) is 0. The van der Waals surface area contributed by atoms with E-state index in [1.54, 1.807) is 13.8 Å². The van der Waals surface area contributed by atoms with Crippen molar-refractivity contribution in [2.75, 3.05) is 13.2 Å². The lowest BCUT2D eigenvalue weighted by Gasteiger charge is -2.21. The zero-order chi connectivity index (χ0) is 24.0. The van der Waals surface area contributed by atoms with Gasteiger partial charge >= 0.3 is 17.9 Å². The van der Waals surface area contributed by atoms with Crippen LogP contribution in [0.5, 0.6) is 0 Å². The molecule has 2 atom stereocenters. The fourth-order valence-electron chi connectivity index (χ4n) is 2.61. The van der Waals surface area contributed by atoms with Crippen LogP contribution in [0, 0.1) is 5.92 Å². The van der Waals surface area contributed by atoms with Crippen molar-refractivity contribution in [1.82, 2.24) is 0 Å². The molecule has 0 bridgehead atoms. The van der Waals surface area contributed by atoms with E-state index in [0.717, 1.165) is 6.08 Å². The van der Waals surface area contributed by atoms with Crippen molar-refractivity contribution < 1.29 is 33.4 Å². The molecular formula is C24H34O7. The van der Waals surface area contributed by atoms with E-state index in [1.807, 2.05) is 0 Å². The van der Waals surface area contributed by atoms with Crippen LogP contribution in [-0.4, -0.2) is 43.0 Å². The summed E-state index contributed by atoms with van der Waals surface area (Å²) in [7, 11) is 0. The van der Waals surface area contributed by atoms with E-state index in [9.17, 15) is 19.2 Å². The molecule has 0 aromatic carbocycles. The summed E-state index contributed by atoms with van der Waals surface area (Å²) >= 11 is 0. The van der Waals surface area contributed by atoms with Crippen LogP contribution in [0.4, 0.5) is 0 Å². The van der Waals surface area contributed by atoms with E-state index in [0.29, 0.717) is 36.8 Å². The SMILES string of the molecule is C=CC(=O)OCCCC(CCOC(=O)C(=C)C)CCC(OC(=O)C(=C)C)C(=O)C(=C)C. The first-order valence-electron chi connectivity index (χ1n) is 10.2. The van der Waals surface area contributed by atoms with Crippen LogP contribution in [0.3, 0.4) is 0 Å². The largest absolute Gasteiger partial charge is 0.463 e. The maximum Gasteiger partial charge on any atom is 0.333 e. The van der Waals surface area contributed by atoms with Gasteiger partial charge in [-0.25, -0.2) is 14.4 Å². The van der Waals surface area contributed by atoms with Gasteiger partial charge in [0.25, 0.3) is 0 Å². The highest BCUT2D eigenvalue weighted by Gasteiger charge is 2.25. The van der Waals surface area contributed by atoms with Crippen LogP contribution < -0.4 is 0 Å². The molecule has 172 valence electrons. The Kier molecular flexibility index (Phi) is 13.5. The van der Waals surface area contributed by atoms with Crippen LogP contribution >= 0.6 is 0 Å². The number of ether oxygens (including phenoxy) is 3. The third-order valence-electron chi connectivity index (χ3n) is 4.42. The first kappa shape index (κ1) is 28.0. The lowest BCUT2D eigenvalue weighted by atomic mass is 9.91. The van der Waals surface area contributed by atoms with E-state index in [1.165, 1.54) is 6.92 Å². The Labute approximate surface area is 184 Å². The molecule has 0 spiro atoms. The van der Waals surface area contributed by atoms with Gasteiger partial charge in [-0.3, -0.25) is 4.79 Å². The van der Waals surface area contributed by atoms with Gasteiger partial charge in [0, 0.05) is 17.2 Å². The van der Waals surface area contributed by atoms with Crippen LogP contribution in [-0.2, 0) is 33.4 Å². The number of esters is 3. The minimum atomic E-state index is -0.958. The van der Waals surface area contributed by atoms with Crippen molar-refractivity contribution in [2.24, 2.45) is 5.92 Å². The normalized spacial score (nSPS) is 12.1. The van der Waals surface area contributed by atoms with E-state index in [-0.39, 0.29) is 36.9 Å². The number of carbonyl (C=O) groups is 4. The van der Waals surface area contributed by atoms with Crippen molar-refractivity contribution >= 4 is 23.7 Å². The van der Waals surface area contributed by atoms with E-state index in [4.69, 9.17) is 14.2 Å². The predicted octanol–water partition coefficient (Wildman–Crippen LogP) is 4.03. The first-order valence-corrected chi connectivity index (χ1v) is 10.2. The van der Waals surface area contributed by atoms with Gasteiger partial charge in [-0.2, -0.15) is 0 Å². The number of ketones is 1. The Morgan fingerprint density at radius 2 is 1.39 bits per heavy atom. The average molecular weight is 435 g/mol. The van der Waals surface area contributed by atoms with Gasteiger partial charge in [0.05, 0.1) is 13.2 Å². The highest BCUT2D eigenvalue weighted by atomic mass is 16.5. The lowest BCUT2D eigenvalue weighted by Crippen LogP contribution is -2.29. The van der Waals surface area contributed by atoms with Gasteiger partial charge in [0.1, 0.15) is 0 Å². The molecule has 0 saturated heterocycles. The number of hydrogen-bond donors (Lipinski definition) is 0. The second-order valence-corrected chi connectivity index (χ2v) is 7.48. The maximum atomic E-state index is 12.4. The van der Waals surface area contributed by atoms with Crippen molar-refractivity contribution in [3.63, 3.8) is 0 Å². The lowest BCUT2D eigenvalue weighted by molar-refractivity contribution is -0.150. The molecule has 0 heterocycles. The molecule has 0 aromatic rings. The standard InChI is InChI=1S/C24H34O7/c1-8-21(25)29-14-9-10-19(13-15-30-23(27)17(4)5)11-12-20(22(26)16(2)3)31-24(28)18(6)7/h8,19-20H,1-2,4,6,9-15H2,3,5,7H3.